The predicted octanol–water partition coefficient (Wildman–Crippen LogP) is 2.09. The summed E-state index contributed by atoms with van der Waals surface area (Å²) in [4.78, 5) is 0. The zero-order valence-corrected chi connectivity index (χ0v) is 8.89. The maximum absolute atomic E-state index is 3.10. The first-order valence-electron chi connectivity index (χ1n) is 3.56. The molecule has 0 saturated carbocycles. The van der Waals surface area contributed by atoms with Crippen LogP contribution in [0.15, 0.2) is 0 Å². The summed E-state index contributed by atoms with van der Waals surface area (Å²) in [5.41, 5.74) is 0. The fourth-order valence-corrected chi connectivity index (χ4v) is 1.06. The molecule has 0 aromatic carbocycles. The van der Waals surface area contributed by atoms with Gasteiger partial charge in [0, 0.05) is 0 Å². The van der Waals surface area contributed by atoms with Gasteiger partial charge in [0.1, 0.15) is 0 Å². The number of hydrogen-bond donors (Lipinski definition) is 0. The van der Waals surface area contributed by atoms with Gasteiger partial charge in [0.2, 0.25) is 0 Å². The summed E-state index contributed by atoms with van der Waals surface area (Å²) in [5, 5.41) is 0. The molecule has 0 spiro atoms. The van der Waals surface area contributed by atoms with Crippen LogP contribution in [0.25, 0.3) is 0 Å². The molecule has 0 nitrogen and oxygen atoms in total. The second-order valence-electron chi connectivity index (χ2n) is 2.11. The molecule has 0 aliphatic carbocycles. The van der Waals surface area contributed by atoms with Crippen molar-refractivity contribution in [3.05, 3.63) is 0 Å². The second-order valence-corrected chi connectivity index (χ2v) is 2.83. The van der Waals surface area contributed by atoms with Crippen LogP contribution in [0.1, 0.15) is 39.0 Å². The van der Waals surface area contributed by atoms with Crippen LogP contribution in [0.4, 0.5) is 0 Å². The molecule has 9 heavy (non-hydrogen) atoms. The Balaban J connectivity index is 2.80. The van der Waals surface area contributed by atoms with Crippen molar-refractivity contribution >= 4 is 22.5 Å². The summed E-state index contributed by atoms with van der Waals surface area (Å²) >= 11 is 1.35. The van der Waals surface area contributed by atoms with E-state index in [4.69, 9.17) is 0 Å². The molecule has 0 aromatic rings. The minimum absolute atomic E-state index is 1.12. The van der Waals surface area contributed by atoms with Crippen LogP contribution in [0.5, 0.6) is 0 Å². The Morgan fingerprint density at radius 1 is 1.22 bits per heavy atom. The standard InChI is InChI=1S/C8H13.Sn/c1-3-5-7-8-6-4-2;/h3,5-8H2,1H3;. The van der Waals surface area contributed by atoms with E-state index in [1.807, 2.05) is 0 Å². The molecular weight excluding hydrogens is 215 g/mol. The van der Waals surface area contributed by atoms with E-state index in [0.29, 0.717) is 0 Å². The molecule has 0 bridgehead atoms. The van der Waals surface area contributed by atoms with E-state index in [9.17, 15) is 0 Å². The molecule has 0 heterocycles. The van der Waals surface area contributed by atoms with Gasteiger partial charge >= 0.3 is 71.4 Å². The van der Waals surface area contributed by atoms with Crippen molar-refractivity contribution in [2.45, 2.75) is 39.0 Å². The van der Waals surface area contributed by atoms with Crippen LogP contribution in [0.2, 0.25) is 0 Å². The van der Waals surface area contributed by atoms with Crippen LogP contribution in [0.3, 0.4) is 0 Å². The van der Waals surface area contributed by atoms with E-state index in [-0.39, 0.29) is 0 Å². The molecule has 0 aliphatic rings. The van der Waals surface area contributed by atoms with Crippen molar-refractivity contribution in [3.8, 4) is 9.86 Å². The summed E-state index contributed by atoms with van der Waals surface area (Å²) in [5.74, 6) is 3.10. The molecule has 0 atom stereocenters. The third-order valence-electron chi connectivity index (χ3n) is 1.24. The number of hydrogen-bond acceptors (Lipinski definition) is 0. The monoisotopic (exact) mass is 229 g/mol. The number of unbranched alkanes of at least 4 members (excludes halogenated alkanes) is 4. The predicted molar refractivity (Wildman–Crippen MR) is 42.3 cm³/mol. The van der Waals surface area contributed by atoms with Gasteiger partial charge in [0.15, 0.2) is 0 Å². The summed E-state index contributed by atoms with van der Waals surface area (Å²) in [6.07, 6.45) is 6.48. The zero-order valence-electron chi connectivity index (χ0n) is 6.04. The van der Waals surface area contributed by atoms with Crippen LogP contribution in [0, 0.1) is 9.86 Å². The Kier molecular flexibility index (Phi) is 8.69. The average molecular weight is 228 g/mol. The fourth-order valence-electron chi connectivity index (χ4n) is 0.703. The van der Waals surface area contributed by atoms with Gasteiger partial charge in [-0.05, 0) is 0 Å². The zero-order chi connectivity index (χ0) is 6.95. The van der Waals surface area contributed by atoms with E-state index in [2.05, 4.69) is 16.8 Å². The Labute approximate surface area is 71.5 Å². The van der Waals surface area contributed by atoms with Gasteiger partial charge < -0.3 is 0 Å². The topological polar surface area (TPSA) is 0 Å². The Morgan fingerprint density at radius 2 is 2.00 bits per heavy atom. The molecule has 0 N–H and O–H groups in total. The van der Waals surface area contributed by atoms with Gasteiger partial charge in [0.25, 0.3) is 0 Å². The fraction of sp³-hybridized carbons (Fsp3) is 0.750. The van der Waals surface area contributed by atoms with Crippen LogP contribution in [-0.4, -0.2) is 22.5 Å². The first-order valence-corrected chi connectivity index (χ1v) is 4.99. The van der Waals surface area contributed by atoms with E-state index in [0.717, 1.165) is 6.42 Å². The van der Waals surface area contributed by atoms with Crippen molar-refractivity contribution in [1.82, 2.24) is 0 Å². The normalized spacial score (nSPS) is 8.22. The van der Waals surface area contributed by atoms with Gasteiger partial charge in [-0.25, -0.2) is 0 Å². The van der Waals surface area contributed by atoms with Crippen molar-refractivity contribution < 1.29 is 0 Å². The van der Waals surface area contributed by atoms with Crippen LogP contribution < -0.4 is 0 Å². The van der Waals surface area contributed by atoms with E-state index < -0.39 is 0 Å². The summed E-state index contributed by atoms with van der Waals surface area (Å²) in [6.45, 7) is 2.23. The van der Waals surface area contributed by atoms with Crippen LogP contribution >= 0.6 is 0 Å². The molecule has 0 fully saturated rings. The van der Waals surface area contributed by atoms with Crippen molar-refractivity contribution in [1.29, 1.82) is 0 Å². The quantitative estimate of drug-likeness (QED) is 0.392. The number of rotatable bonds is 4. The summed E-state index contributed by atoms with van der Waals surface area (Å²) in [6, 6.07) is 0. The molecule has 0 aromatic heterocycles. The van der Waals surface area contributed by atoms with Gasteiger partial charge in [-0.2, -0.15) is 0 Å². The van der Waals surface area contributed by atoms with E-state index in [1.165, 1.54) is 48.2 Å². The first kappa shape index (κ1) is 9.36. The average Bonchev–Trinajstić information content (AvgIpc) is 1.89. The Bertz CT molecular complexity index is 96.9. The van der Waals surface area contributed by atoms with Gasteiger partial charge in [-0.3, -0.25) is 0 Å². The molecule has 0 amide bonds. The maximum atomic E-state index is 3.10. The third kappa shape index (κ3) is 8.36. The second kappa shape index (κ2) is 8.36. The molecule has 0 aliphatic heterocycles. The third-order valence-corrected chi connectivity index (χ3v) is 1.75. The molecule has 0 unspecified atom stereocenters. The minimum atomic E-state index is 1.12. The van der Waals surface area contributed by atoms with Crippen LogP contribution in [-0.2, 0) is 0 Å². The van der Waals surface area contributed by atoms with Crippen molar-refractivity contribution in [2.75, 3.05) is 0 Å². The van der Waals surface area contributed by atoms with Gasteiger partial charge in [-0.1, -0.05) is 0 Å². The molecule has 3 radical (unpaired) electrons. The SMILES string of the molecule is CCCCCCC#[C][Sn]. The molecular formula is C8H13Sn. The Morgan fingerprint density at radius 3 is 2.56 bits per heavy atom. The van der Waals surface area contributed by atoms with Crippen molar-refractivity contribution in [3.63, 3.8) is 0 Å². The molecule has 0 rings (SSSR count). The van der Waals surface area contributed by atoms with Gasteiger partial charge in [0.05, 0.1) is 0 Å². The summed E-state index contributed by atoms with van der Waals surface area (Å²) in [7, 11) is 0. The van der Waals surface area contributed by atoms with Crippen molar-refractivity contribution in [2.24, 2.45) is 0 Å². The first-order chi connectivity index (χ1) is 4.41. The van der Waals surface area contributed by atoms with E-state index >= 15 is 0 Å². The van der Waals surface area contributed by atoms with Gasteiger partial charge in [-0.15, -0.1) is 0 Å². The Hall–Kier alpha value is 0.359. The molecule has 49 valence electrons. The molecule has 0 saturated heterocycles. The molecule has 1 heteroatoms. The van der Waals surface area contributed by atoms with E-state index in [1.54, 1.807) is 0 Å². The summed E-state index contributed by atoms with van der Waals surface area (Å²) < 4.78 is 2.98.